The van der Waals surface area contributed by atoms with E-state index < -0.39 is 21.9 Å². The van der Waals surface area contributed by atoms with E-state index in [1.54, 1.807) is 12.1 Å². The van der Waals surface area contributed by atoms with Crippen LogP contribution in [-0.2, 0) is 37.2 Å². The molecule has 38 heavy (non-hydrogen) atoms. The lowest BCUT2D eigenvalue weighted by atomic mass is 10.1. The van der Waals surface area contributed by atoms with Crippen LogP contribution in [0.5, 0.6) is 0 Å². The lowest BCUT2D eigenvalue weighted by Gasteiger charge is -2.11. The van der Waals surface area contributed by atoms with Crippen molar-refractivity contribution < 1.29 is 22.7 Å². The van der Waals surface area contributed by atoms with Crippen molar-refractivity contribution >= 4 is 44.9 Å². The summed E-state index contributed by atoms with van der Waals surface area (Å²) in [4.78, 5) is 24.1. The molecule has 0 saturated heterocycles. The van der Waals surface area contributed by atoms with Gasteiger partial charge in [0.15, 0.2) is 5.11 Å². The zero-order chi connectivity index (χ0) is 27.2. The van der Waals surface area contributed by atoms with Gasteiger partial charge in [0.2, 0.25) is 15.9 Å². The Morgan fingerprint density at radius 3 is 2.03 bits per heavy atom. The molecule has 0 spiro atoms. The van der Waals surface area contributed by atoms with Gasteiger partial charge in [0.05, 0.1) is 17.9 Å². The quantitative estimate of drug-likeness (QED) is 0.167. The van der Waals surface area contributed by atoms with Crippen LogP contribution >= 0.6 is 12.2 Å². The highest BCUT2D eigenvalue weighted by Crippen LogP contribution is 2.14. The first kappa shape index (κ1) is 29.0. The van der Waals surface area contributed by atoms with Crippen LogP contribution in [0.4, 0.5) is 5.69 Å². The molecule has 3 N–H and O–H groups in total. The van der Waals surface area contributed by atoms with Crippen LogP contribution in [-0.4, -0.2) is 38.6 Å². The van der Waals surface area contributed by atoms with Gasteiger partial charge in [-0.3, -0.25) is 9.59 Å². The molecule has 0 aliphatic heterocycles. The van der Waals surface area contributed by atoms with E-state index in [-0.39, 0.29) is 29.4 Å². The Morgan fingerprint density at radius 1 is 0.789 bits per heavy atom. The van der Waals surface area contributed by atoms with Gasteiger partial charge < -0.3 is 15.4 Å². The number of thiocarbonyl (C=S) groups is 1. The summed E-state index contributed by atoms with van der Waals surface area (Å²) in [6, 6.07) is 25.5. The summed E-state index contributed by atoms with van der Waals surface area (Å²) >= 11 is 5.14. The number of nitrogens with one attached hydrogen (secondary N) is 3. The van der Waals surface area contributed by atoms with Crippen molar-refractivity contribution in [1.82, 2.24) is 10.0 Å². The van der Waals surface area contributed by atoms with Crippen LogP contribution in [0.15, 0.2) is 89.8 Å². The van der Waals surface area contributed by atoms with Crippen LogP contribution in [0.25, 0.3) is 0 Å². The number of hydrogen-bond donors (Lipinski definition) is 3. The molecule has 0 fully saturated rings. The number of ether oxygens (including phenoxy) is 1. The number of esters is 1. The predicted octanol–water partition coefficient (Wildman–Crippen LogP) is 3.98. The lowest BCUT2D eigenvalue weighted by Crippen LogP contribution is -2.34. The number of hydrogen-bond acceptors (Lipinski definition) is 6. The molecule has 0 aliphatic rings. The smallest absolute Gasteiger partial charge is 0.306 e. The molecule has 3 aromatic carbocycles. The van der Waals surface area contributed by atoms with Crippen molar-refractivity contribution in [2.24, 2.45) is 0 Å². The SMILES string of the molecule is O=C(CCC(=O)OCCCc1ccccc1)NC(=S)Nc1ccc(S(=O)(=O)NCCc2ccccc2)cc1. The fourth-order valence-corrected chi connectivity index (χ4v) is 4.78. The molecule has 200 valence electrons. The fourth-order valence-electron chi connectivity index (χ4n) is 3.52. The molecule has 0 aromatic heterocycles. The van der Waals surface area contributed by atoms with E-state index in [1.165, 1.54) is 17.7 Å². The van der Waals surface area contributed by atoms with E-state index in [1.807, 2.05) is 60.7 Å². The van der Waals surface area contributed by atoms with Crippen molar-refractivity contribution in [3.05, 3.63) is 96.1 Å². The van der Waals surface area contributed by atoms with Crippen LogP contribution < -0.4 is 15.4 Å². The number of sulfonamides is 1. The maximum atomic E-state index is 12.5. The summed E-state index contributed by atoms with van der Waals surface area (Å²) in [6.07, 6.45) is 1.99. The van der Waals surface area contributed by atoms with Gasteiger partial charge in [-0.25, -0.2) is 13.1 Å². The largest absolute Gasteiger partial charge is 0.466 e. The molecule has 0 unspecified atom stereocenters. The van der Waals surface area contributed by atoms with E-state index in [9.17, 15) is 18.0 Å². The lowest BCUT2D eigenvalue weighted by molar-refractivity contribution is -0.145. The van der Waals surface area contributed by atoms with Gasteiger partial charge in [-0.15, -0.1) is 0 Å². The third-order valence-electron chi connectivity index (χ3n) is 5.50. The van der Waals surface area contributed by atoms with Gasteiger partial charge >= 0.3 is 5.97 Å². The molecule has 0 heterocycles. The highest BCUT2D eigenvalue weighted by molar-refractivity contribution is 7.89. The average Bonchev–Trinajstić information content (AvgIpc) is 2.91. The number of carbonyl (C=O) groups is 2. The van der Waals surface area contributed by atoms with Crippen LogP contribution in [0.1, 0.15) is 30.4 Å². The molecule has 3 aromatic rings. The summed E-state index contributed by atoms with van der Waals surface area (Å²) in [6.45, 7) is 0.577. The summed E-state index contributed by atoms with van der Waals surface area (Å²) in [5.74, 6) is -0.869. The third kappa shape index (κ3) is 10.4. The first-order valence-electron chi connectivity index (χ1n) is 12.3. The molecule has 0 aliphatic carbocycles. The van der Waals surface area contributed by atoms with E-state index in [0.717, 1.165) is 12.0 Å². The van der Waals surface area contributed by atoms with Crippen LogP contribution in [0, 0.1) is 0 Å². The van der Waals surface area contributed by atoms with Crippen molar-refractivity contribution in [1.29, 1.82) is 0 Å². The minimum Gasteiger partial charge on any atom is -0.466 e. The fraction of sp³-hybridized carbons (Fsp3) is 0.250. The Balaban J connectivity index is 1.33. The average molecular weight is 554 g/mol. The van der Waals surface area contributed by atoms with Crippen molar-refractivity contribution in [2.75, 3.05) is 18.5 Å². The van der Waals surface area contributed by atoms with Crippen molar-refractivity contribution in [3.8, 4) is 0 Å². The van der Waals surface area contributed by atoms with Gasteiger partial charge in [-0.05, 0) is 66.9 Å². The van der Waals surface area contributed by atoms with E-state index in [4.69, 9.17) is 17.0 Å². The number of anilines is 1. The molecule has 0 radical (unpaired) electrons. The number of benzene rings is 3. The van der Waals surface area contributed by atoms with Gasteiger partial charge in [-0.1, -0.05) is 60.7 Å². The normalized spacial score (nSPS) is 10.9. The summed E-state index contributed by atoms with van der Waals surface area (Å²) in [5, 5.41) is 5.38. The molecule has 1 amide bonds. The zero-order valence-corrected chi connectivity index (χ0v) is 22.5. The topological polar surface area (TPSA) is 114 Å². The second-order valence-corrected chi connectivity index (χ2v) is 10.6. The minimum absolute atomic E-state index is 0.0443. The standard InChI is InChI=1S/C28H31N3O5S2/c32-26(17-18-27(33)36-21-7-12-22-8-3-1-4-9-22)31-28(37)30-24-13-15-25(16-14-24)38(34,35)29-20-19-23-10-5-2-6-11-23/h1-6,8-11,13-16,29H,7,12,17-21H2,(H2,30,31,32,37). The molecule has 0 saturated carbocycles. The molecule has 0 atom stereocenters. The number of rotatable bonds is 13. The van der Waals surface area contributed by atoms with Crippen molar-refractivity contribution in [2.45, 2.75) is 37.0 Å². The maximum Gasteiger partial charge on any atom is 0.306 e. The Morgan fingerprint density at radius 2 is 1.39 bits per heavy atom. The minimum atomic E-state index is -3.66. The first-order valence-corrected chi connectivity index (χ1v) is 14.1. The molecular formula is C28H31N3O5S2. The second kappa shape index (κ2) is 15.0. The highest BCUT2D eigenvalue weighted by atomic mass is 32.2. The summed E-state index contributed by atoms with van der Waals surface area (Å²) < 4.78 is 32.8. The third-order valence-corrected chi connectivity index (χ3v) is 7.18. The van der Waals surface area contributed by atoms with Crippen molar-refractivity contribution in [3.63, 3.8) is 0 Å². The Bertz CT molecular complexity index is 1300. The number of aryl methyl sites for hydroxylation is 1. The predicted molar refractivity (Wildman–Crippen MR) is 151 cm³/mol. The summed E-state index contributed by atoms with van der Waals surface area (Å²) in [7, 11) is -3.66. The Kier molecular flexibility index (Phi) is 11.4. The first-order chi connectivity index (χ1) is 18.3. The number of carbonyl (C=O) groups excluding carboxylic acids is 2. The maximum absolute atomic E-state index is 12.5. The molecule has 3 rings (SSSR count). The molecular weight excluding hydrogens is 522 g/mol. The Labute approximate surface area is 228 Å². The molecule has 10 heteroatoms. The highest BCUT2D eigenvalue weighted by Gasteiger charge is 2.14. The number of amides is 1. The van der Waals surface area contributed by atoms with Crippen LogP contribution in [0.3, 0.4) is 0 Å². The van der Waals surface area contributed by atoms with E-state index in [0.29, 0.717) is 25.1 Å². The van der Waals surface area contributed by atoms with E-state index in [2.05, 4.69) is 15.4 Å². The molecule has 8 nitrogen and oxygen atoms in total. The second-order valence-electron chi connectivity index (χ2n) is 8.47. The van der Waals surface area contributed by atoms with Gasteiger partial charge in [0.25, 0.3) is 0 Å². The van der Waals surface area contributed by atoms with E-state index >= 15 is 0 Å². The van der Waals surface area contributed by atoms with Gasteiger partial charge in [0.1, 0.15) is 0 Å². The molecule has 0 bridgehead atoms. The monoisotopic (exact) mass is 553 g/mol. The van der Waals surface area contributed by atoms with Crippen LogP contribution in [0.2, 0.25) is 0 Å². The van der Waals surface area contributed by atoms with Gasteiger partial charge in [0, 0.05) is 18.7 Å². The van der Waals surface area contributed by atoms with Gasteiger partial charge in [-0.2, -0.15) is 0 Å². The Hall–Kier alpha value is -3.60. The zero-order valence-electron chi connectivity index (χ0n) is 20.9. The summed E-state index contributed by atoms with van der Waals surface area (Å²) in [5.41, 5.74) is 2.73.